The lowest BCUT2D eigenvalue weighted by atomic mass is 9.94. The van der Waals surface area contributed by atoms with Crippen molar-refractivity contribution in [3.05, 3.63) is 267 Å². The molecule has 0 radical (unpaired) electrons. The molecule has 2 heterocycles. The zero-order valence-electron chi connectivity index (χ0n) is 38.7. The first kappa shape index (κ1) is 40.6. The standard InChI is InChI=1S/C68H44N2O/c1-2-20-52-45(17-1)35-36-49-44-50(39-42-53(49)52)56-23-4-10-30-63(56)69(51-40-37-46(38-41-51)57-27-16-28-61-60-26-8-14-34-67(60)71-68(57)61)62-29-9-3-21-54(62)47-18-15-19-48(43-47)55-22-5-11-31-64(55)70-65-32-12-6-24-58(65)59-25-7-13-33-66(59)70/h1-44H. The number of benzene rings is 12. The van der Waals surface area contributed by atoms with Gasteiger partial charge < -0.3 is 13.9 Å². The van der Waals surface area contributed by atoms with E-state index in [0.29, 0.717) is 0 Å². The highest BCUT2D eigenvalue weighted by Gasteiger charge is 2.23. The number of anilines is 3. The summed E-state index contributed by atoms with van der Waals surface area (Å²) in [4.78, 5) is 2.44. The van der Waals surface area contributed by atoms with Gasteiger partial charge in [-0.25, -0.2) is 0 Å². The Bertz CT molecular complexity index is 4310. The molecule has 3 nitrogen and oxygen atoms in total. The molecule has 0 spiro atoms. The van der Waals surface area contributed by atoms with Gasteiger partial charge in [-0.3, -0.25) is 0 Å². The molecule has 14 aromatic rings. The van der Waals surface area contributed by atoms with Crippen molar-refractivity contribution in [2.45, 2.75) is 0 Å². The minimum atomic E-state index is 0.895. The summed E-state index contributed by atoms with van der Waals surface area (Å²) in [7, 11) is 0. The van der Waals surface area contributed by atoms with E-state index in [9.17, 15) is 0 Å². The third-order valence-corrected chi connectivity index (χ3v) is 14.4. The fraction of sp³-hybridized carbons (Fsp3) is 0. The summed E-state index contributed by atoms with van der Waals surface area (Å²) in [6, 6.07) is 96.8. The van der Waals surface area contributed by atoms with Crippen LogP contribution in [-0.4, -0.2) is 4.57 Å². The number of aromatic nitrogens is 1. The highest BCUT2D eigenvalue weighted by atomic mass is 16.3. The lowest BCUT2D eigenvalue weighted by Crippen LogP contribution is -2.12. The van der Waals surface area contributed by atoms with E-state index < -0.39 is 0 Å². The lowest BCUT2D eigenvalue weighted by molar-refractivity contribution is 0.670. The van der Waals surface area contributed by atoms with E-state index in [-0.39, 0.29) is 0 Å². The van der Waals surface area contributed by atoms with Crippen molar-refractivity contribution in [2.24, 2.45) is 0 Å². The van der Waals surface area contributed by atoms with E-state index in [4.69, 9.17) is 4.42 Å². The van der Waals surface area contributed by atoms with Gasteiger partial charge in [0.1, 0.15) is 11.2 Å². The Morgan fingerprint density at radius 3 is 1.55 bits per heavy atom. The number of nitrogens with zero attached hydrogens (tertiary/aromatic N) is 2. The van der Waals surface area contributed by atoms with Crippen LogP contribution in [0, 0.1) is 0 Å². The molecule has 0 aliphatic carbocycles. The van der Waals surface area contributed by atoms with Crippen molar-refractivity contribution in [1.82, 2.24) is 4.57 Å². The highest BCUT2D eigenvalue weighted by Crippen LogP contribution is 2.47. The minimum absolute atomic E-state index is 0.895. The summed E-state index contributed by atoms with van der Waals surface area (Å²) < 4.78 is 8.96. The summed E-state index contributed by atoms with van der Waals surface area (Å²) in [5.74, 6) is 0. The van der Waals surface area contributed by atoms with Crippen LogP contribution >= 0.6 is 0 Å². The lowest BCUT2D eigenvalue weighted by Gasteiger charge is -2.30. The topological polar surface area (TPSA) is 21.3 Å². The van der Waals surface area contributed by atoms with E-state index in [0.717, 1.165) is 83.6 Å². The molecule has 12 aromatic carbocycles. The maximum Gasteiger partial charge on any atom is 0.143 e. The molecule has 0 atom stereocenters. The zero-order valence-corrected chi connectivity index (χ0v) is 38.7. The number of hydrogen-bond donors (Lipinski definition) is 0. The van der Waals surface area contributed by atoms with E-state index >= 15 is 0 Å². The van der Waals surface area contributed by atoms with E-state index in [1.165, 1.54) is 48.9 Å². The van der Waals surface area contributed by atoms with Gasteiger partial charge in [-0.1, -0.05) is 206 Å². The second kappa shape index (κ2) is 16.7. The average molecular weight is 905 g/mol. The molecule has 0 saturated carbocycles. The van der Waals surface area contributed by atoms with Crippen molar-refractivity contribution in [3.63, 3.8) is 0 Å². The molecule has 2 aromatic heterocycles. The SMILES string of the molecule is c1cc(-c2ccccc2N(c2ccc(-c3cccc4c3oc3ccccc34)cc2)c2ccccc2-c2ccc3c(ccc4ccccc43)c2)cc(-c2ccccc2-n2c3ccccc3c3ccccc32)c1. The van der Waals surface area contributed by atoms with Crippen LogP contribution in [0.3, 0.4) is 0 Å². The Morgan fingerprint density at radius 2 is 0.803 bits per heavy atom. The van der Waals surface area contributed by atoms with Crippen LogP contribution in [0.25, 0.3) is 115 Å². The molecule has 0 unspecified atom stereocenters. The van der Waals surface area contributed by atoms with Gasteiger partial charge in [-0.05, 0) is 104 Å². The number of para-hydroxylation sites is 7. The van der Waals surface area contributed by atoms with Gasteiger partial charge in [-0.2, -0.15) is 0 Å². The van der Waals surface area contributed by atoms with Gasteiger partial charge in [0.15, 0.2) is 0 Å². The molecular formula is C68H44N2O. The summed E-state index contributed by atoms with van der Waals surface area (Å²) >= 11 is 0. The summed E-state index contributed by atoms with van der Waals surface area (Å²) in [5.41, 5.74) is 17.6. The molecule has 332 valence electrons. The van der Waals surface area contributed by atoms with E-state index in [1.807, 2.05) is 12.1 Å². The third kappa shape index (κ3) is 6.74. The van der Waals surface area contributed by atoms with Crippen LogP contribution in [-0.2, 0) is 0 Å². The zero-order chi connectivity index (χ0) is 46.8. The van der Waals surface area contributed by atoms with Crippen LogP contribution in [0.1, 0.15) is 0 Å². The first-order chi connectivity index (χ1) is 35.2. The Morgan fingerprint density at radius 1 is 0.296 bits per heavy atom. The fourth-order valence-corrected chi connectivity index (χ4v) is 11.1. The van der Waals surface area contributed by atoms with Crippen molar-refractivity contribution in [1.29, 1.82) is 0 Å². The van der Waals surface area contributed by atoms with Crippen LogP contribution in [0.2, 0.25) is 0 Å². The Balaban J connectivity index is 0.937. The van der Waals surface area contributed by atoms with E-state index in [1.54, 1.807) is 0 Å². The highest BCUT2D eigenvalue weighted by molar-refractivity contribution is 6.12. The van der Waals surface area contributed by atoms with Crippen molar-refractivity contribution >= 4 is 82.4 Å². The maximum absolute atomic E-state index is 6.53. The summed E-state index contributed by atoms with van der Waals surface area (Å²) in [6.45, 7) is 0. The first-order valence-electron chi connectivity index (χ1n) is 24.3. The Kier molecular flexibility index (Phi) is 9.53. The molecular weight excluding hydrogens is 861 g/mol. The summed E-state index contributed by atoms with van der Waals surface area (Å²) in [5, 5.41) is 9.71. The fourth-order valence-electron chi connectivity index (χ4n) is 11.1. The normalized spacial score (nSPS) is 11.7. The van der Waals surface area contributed by atoms with Crippen LogP contribution in [0.15, 0.2) is 271 Å². The predicted octanol–water partition coefficient (Wildman–Crippen LogP) is 19.1. The van der Waals surface area contributed by atoms with Gasteiger partial charge in [0.25, 0.3) is 0 Å². The molecule has 0 aliphatic rings. The molecule has 0 bridgehead atoms. The second-order valence-electron chi connectivity index (χ2n) is 18.4. The number of rotatable bonds is 8. The molecule has 0 fully saturated rings. The average Bonchev–Trinajstić information content (AvgIpc) is 4.00. The number of hydrogen-bond acceptors (Lipinski definition) is 2. The molecule has 71 heavy (non-hydrogen) atoms. The van der Waals surface area contributed by atoms with Gasteiger partial charge in [0, 0.05) is 49.5 Å². The maximum atomic E-state index is 6.53. The van der Waals surface area contributed by atoms with Gasteiger partial charge in [0.2, 0.25) is 0 Å². The minimum Gasteiger partial charge on any atom is -0.455 e. The molecule has 14 rings (SSSR count). The van der Waals surface area contributed by atoms with Crippen LogP contribution in [0.5, 0.6) is 0 Å². The molecule has 0 amide bonds. The van der Waals surface area contributed by atoms with Crippen molar-refractivity contribution < 1.29 is 4.42 Å². The third-order valence-electron chi connectivity index (χ3n) is 14.4. The smallest absolute Gasteiger partial charge is 0.143 e. The molecule has 0 aliphatic heterocycles. The molecule has 0 saturated heterocycles. The van der Waals surface area contributed by atoms with Gasteiger partial charge >= 0.3 is 0 Å². The monoisotopic (exact) mass is 904 g/mol. The number of fused-ring (bicyclic) bond motifs is 9. The van der Waals surface area contributed by atoms with Gasteiger partial charge in [0.05, 0.1) is 28.1 Å². The largest absolute Gasteiger partial charge is 0.455 e. The quantitative estimate of drug-likeness (QED) is 0.142. The first-order valence-corrected chi connectivity index (χ1v) is 24.3. The molecule has 0 N–H and O–H groups in total. The number of furan rings is 1. The van der Waals surface area contributed by atoms with Crippen LogP contribution in [0.4, 0.5) is 17.1 Å². The van der Waals surface area contributed by atoms with Gasteiger partial charge in [-0.15, -0.1) is 0 Å². The molecule has 3 heteroatoms. The Labute approximate surface area is 411 Å². The van der Waals surface area contributed by atoms with E-state index in [2.05, 4.69) is 264 Å². The Hall–Kier alpha value is -9.44. The van der Waals surface area contributed by atoms with Crippen molar-refractivity contribution in [3.8, 4) is 50.2 Å². The van der Waals surface area contributed by atoms with Crippen molar-refractivity contribution in [2.75, 3.05) is 4.90 Å². The second-order valence-corrected chi connectivity index (χ2v) is 18.4. The predicted molar refractivity (Wildman–Crippen MR) is 299 cm³/mol. The summed E-state index contributed by atoms with van der Waals surface area (Å²) in [6.07, 6.45) is 0. The van der Waals surface area contributed by atoms with Crippen LogP contribution < -0.4 is 4.90 Å².